The second-order valence-electron chi connectivity index (χ2n) is 7.03. The van der Waals surface area contributed by atoms with Crippen molar-refractivity contribution in [3.8, 4) is 5.75 Å². The molecule has 0 saturated heterocycles. The number of benzene rings is 1. The molecule has 0 radical (unpaired) electrons. The molecule has 0 amide bonds. The maximum atomic E-state index is 14.3. The molecule has 0 spiro atoms. The lowest BCUT2D eigenvalue weighted by Crippen LogP contribution is -2.40. The second kappa shape index (κ2) is 11.1. The number of aliphatic imine (C=N–C) groups is 1. The van der Waals surface area contributed by atoms with Gasteiger partial charge in [-0.1, -0.05) is 6.07 Å². The lowest BCUT2D eigenvalue weighted by molar-refractivity contribution is -0.385. The third-order valence-corrected chi connectivity index (χ3v) is 4.67. The summed E-state index contributed by atoms with van der Waals surface area (Å²) in [5.74, 6) is 1.01. The first-order valence-corrected chi connectivity index (χ1v) is 9.52. The van der Waals surface area contributed by atoms with Crippen molar-refractivity contribution in [3.63, 3.8) is 0 Å². The highest BCUT2D eigenvalue weighted by Crippen LogP contribution is 2.30. The van der Waals surface area contributed by atoms with Crippen LogP contribution in [-0.2, 0) is 6.54 Å². The molecule has 2 aromatic rings. The van der Waals surface area contributed by atoms with Crippen molar-refractivity contribution in [2.45, 2.75) is 32.4 Å². The average molecular weight is 532 g/mol. The number of nitrogens with zero attached hydrogens (tertiary/aromatic N) is 4. The Morgan fingerprint density at radius 1 is 1.50 bits per heavy atom. The highest BCUT2D eigenvalue weighted by molar-refractivity contribution is 14.0. The van der Waals surface area contributed by atoms with Crippen LogP contribution < -0.4 is 15.4 Å². The summed E-state index contributed by atoms with van der Waals surface area (Å²) in [4.78, 5) is 14.4. The number of nitro groups is 1. The molecule has 1 saturated carbocycles. The topological polar surface area (TPSA) is 107 Å². The molecule has 30 heavy (non-hydrogen) atoms. The molecule has 11 heteroatoms. The molecule has 1 fully saturated rings. The first-order chi connectivity index (χ1) is 14.0. The summed E-state index contributed by atoms with van der Waals surface area (Å²) in [5.41, 5.74) is 0.722. The SMILES string of the molecule is CN=C(NCCn1cc([N+](=O)[O-])cn1)NC(C)c1ccc(OCC2CC2)c(F)c1.I. The lowest BCUT2D eigenvalue weighted by atomic mass is 10.1. The predicted octanol–water partition coefficient (Wildman–Crippen LogP) is 3.26. The van der Waals surface area contributed by atoms with E-state index in [1.807, 2.05) is 13.0 Å². The lowest BCUT2D eigenvalue weighted by Gasteiger charge is -2.19. The normalized spacial score (nSPS) is 14.6. The van der Waals surface area contributed by atoms with E-state index in [2.05, 4.69) is 20.7 Å². The fourth-order valence-electron chi connectivity index (χ4n) is 2.74. The third kappa shape index (κ3) is 6.82. The third-order valence-electron chi connectivity index (χ3n) is 4.67. The molecule has 1 unspecified atom stereocenters. The number of halogens is 2. The van der Waals surface area contributed by atoms with Gasteiger partial charge in [-0.25, -0.2) is 4.39 Å². The van der Waals surface area contributed by atoms with E-state index in [1.165, 1.54) is 23.1 Å². The van der Waals surface area contributed by atoms with E-state index < -0.39 is 4.92 Å². The highest BCUT2D eigenvalue weighted by Gasteiger charge is 2.22. The van der Waals surface area contributed by atoms with Gasteiger partial charge in [-0.3, -0.25) is 19.8 Å². The molecule has 164 valence electrons. The summed E-state index contributed by atoms with van der Waals surface area (Å²) in [6.45, 7) is 3.38. The van der Waals surface area contributed by atoms with E-state index >= 15 is 0 Å². The van der Waals surface area contributed by atoms with Gasteiger partial charge in [0.25, 0.3) is 0 Å². The highest BCUT2D eigenvalue weighted by atomic mass is 127. The van der Waals surface area contributed by atoms with Crippen molar-refractivity contribution in [2.75, 3.05) is 20.2 Å². The fraction of sp³-hybridized carbons (Fsp3) is 0.474. The monoisotopic (exact) mass is 532 g/mol. The van der Waals surface area contributed by atoms with Gasteiger partial charge < -0.3 is 15.4 Å². The molecule has 0 aliphatic heterocycles. The summed E-state index contributed by atoms with van der Waals surface area (Å²) in [6.07, 6.45) is 4.89. The van der Waals surface area contributed by atoms with Gasteiger partial charge in [-0.2, -0.15) is 5.10 Å². The Balaban J connectivity index is 0.00000320. The molecule has 1 aliphatic rings. The van der Waals surface area contributed by atoms with Gasteiger partial charge in [0.1, 0.15) is 12.4 Å². The van der Waals surface area contributed by atoms with Crippen LogP contribution >= 0.6 is 24.0 Å². The van der Waals surface area contributed by atoms with Gasteiger partial charge in [-0.15, -0.1) is 24.0 Å². The average Bonchev–Trinajstić information content (AvgIpc) is 3.41. The summed E-state index contributed by atoms with van der Waals surface area (Å²) >= 11 is 0. The smallest absolute Gasteiger partial charge is 0.306 e. The number of nitrogens with one attached hydrogen (secondary N) is 2. The Morgan fingerprint density at radius 3 is 2.87 bits per heavy atom. The van der Waals surface area contributed by atoms with E-state index in [-0.39, 0.29) is 47.3 Å². The first kappa shape index (κ1) is 23.8. The van der Waals surface area contributed by atoms with Crippen LogP contribution in [0.15, 0.2) is 35.6 Å². The van der Waals surface area contributed by atoms with Gasteiger partial charge >= 0.3 is 5.69 Å². The Morgan fingerprint density at radius 2 is 2.27 bits per heavy atom. The van der Waals surface area contributed by atoms with E-state index in [0.29, 0.717) is 31.6 Å². The fourth-order valence-corrected chi connectivity index (χ4v) is 2.74. The van der Waals surface area contributed by atoms with Crippen LogP contribution in [-0.4, -0.2) is 40.9 Å². The minimum Gasteiger partial charge on any atom is -0.490 e. The quantitative estimate of drug-likeness (QED) is 0.169. The number of hydrogen-bond donors (Lipinski definition) is 2. The Labute approximate surface area is 191 Å². The first-order valence-electron chi connectivity index (χ1n) is 9.52. The second-order valence-corrected chi connectivity index (χ2v) is 7.03. The van der Waals surface area contributed by atoms with Crippen molar-refractivity contribution in [1.29, 1.82) is 0 Å². The van der Waals surface area contributed by atoms with Crippen molar-refractivity contribution >= 4 is 35.6 Å². The van der Waals surface area contributed by atoms with Gasteiger partial charge in [-0.05, 0) is 43.4 Å². The molecule has 1 atom stereocenters. The van der Waals surface area contributed by atoms with E-state index in [4.69, 9.17) is 4.74 Å². The molecule has 0 bridgehead atoms. The summed E-state index contributed by atoms with van der Waals surface area (Å²) in [5, 5.41) is 20.9. The Hall–Kier alpha value is -2.44. The van der Waals surface area contributed by atoms with Gasteiger partial charge in [0, 0.05) is 13.6 Å². The zero-order chi connectivity index (χ0) is 20.8. The van der Waals surface area contributed by atoms with Crippen LogP contribution in [0.5, 0.6) is 5.75 Å². The van der Waals surface area contributed by atoms with Crippen LogP contribution in [0.25, 0.3) is 0 Å². The Bertz CT molecular complexity index is 887. The molecule has 3 rings (SSSR count). The number of guanidine groups is 1. The maximum Gasteiger partial charge on any atom is 0.306 e. The minimum atomic E-state index is -0.486. The van der Waals surface area contributed by atoms with Gasteiger partial charge in [0.15, 0.2) is 17.5 Å². The zero-order valence-electron chi connectivity index (χ0n) is 16.9. The minimum absolute atomic E-state index is 0. The van der Waals surface area contributed by atoms with Crippen molar-refractivity contribution in [1.82, 2.24) is 20.4 Å². The van der Waals surface area contributed by atoms with Crippen LogP contribution in [0.3, 0.4) is 0 Å². The largest absolute Gasteiger partial charge is 0.490 e. The summed E-state index contributed by atoms with van der Waals surface area (Å²) < 4.78 is 21.3. The van der Waals surface area contributed by atoms with Crippen LogP contribution in [0, 0.1) is 21.8 Å². The van der Waals surface area contributed by atoms with Crippen molar-refractivity contribution in [3.05, 3.63) is 52.1 Å². The number of hydrogen-bond acceptors (Lipinski definition) is 5. The van der Waals surface area contributed by atoms with Gasteiger partial charge in [0.05, 0.1) is 24.1 Å². The van der Waals surface area contributed by atoms with E-state index in [9.17, 15) is 14.5 Å². The van der Waals surface area contributed by atoms with Crippen molar-refractivity contribution in [2.24, 2.45) is 10.9 Å². The molecular weight excluding hydrogens is 506 g/mol. The summed E-state index contributed by atoms with van der Waals surface area (Å²) in [7, 11) is 1.64. The van der Waals surface area contributed by atoms with Crippen LogP contribution in [0.2, 0.25) is 0 Å². The molecule has 9 nitrogen and oxygen atoms in total. The molecule has 1 aromatic carbocycles. The zero-order valence-corrected chi connectivity index (χ0v) is 19.2. The van der Waals surface area contributed by atoms with Crippen LogP contribution in [0.4, 0.5) is 10.1 Å². The van der Waals surface area contributed by atoms with Crippen LogP contribution in [0.1, 0.15) is 31.4 Å². The molecule has 1 aliphatic carbocycles. The van der Waals surface area contributed by atoms with E-state index in [1.54, 1.807) is 13.1 Å². The Kier molecular flexibility index (Phi) is 8.81. The molecule has 1 aromatic heterocycles. The molecular formula is C19H26FIN6O3. The number of aromatic nitrogens is 2. The molecule has 2 N–H and O–H groups in total. The standard InChI is InChI=1S/C19H25FN6O3.HI/c1-13(15-5-6-18(17(20)9-15)29-12-14-3-4-14)24-19(21-2)22-7-8-25-11-16(10-23-25)26(27)28;/h5-6,9-11,13-14H,3-4,7-8,12H2,1-2H3,(H2,21,22,24);1H. The predicted molar refractivity (Wildman–Crippen MR) is 122 cm³/mol. The number of rotatable bonds is 9. The summed E-state index contributed by atoms with van der Waals surface area (Å²) in [6, 6.07) is 4.78. The molecule has 1 heterocycles. The number of ether oxygens (including phenoxy) is 1. The van der Waals surface area contributed by atoms with Crippen molar-refractivity contribution < 1.29 is 14.1 Å². The maximum absolute atomic E-state index is 14.3. The van der Waals surface area contributed by atoms with Gasteiger partial charge in [0.2, 0.25) is 0 Å². The van der Waals surface area contributed by atoms with E-state index in [0.717, 1.165) is 18.4 Å².